The molecule has 1 aliphatic heterocycles. The van der Waals surface area contributed by atoms with Crippen molar-refractivity contribution in [2.24, 2.45) is 0 Å². The van der Waals surface area contributed by atoms with Crippen molar-refractivity contribution in [3.05, 3.63) is 34.6 Å². The normalized spacial score (nSPS) is 20.4. The van der Waals surface area contributed by atoms with Crippen molar-refractivity contribution >= 4 is 17.4 Å². The van der Waals surface area contributed by atoms with Crippen LogP contribution in [0.25, 0.3) is 0 Å². The molecule has 1 atom stereocenters. The molecule has 1 aliphatic rings. The number of nitrogens with zero attached hydrogens (tertiary/aromatic N) is 1. The van der Waals surface area contributed by atoms with E-state index in [1.807, 2.05) is 0 Å². The molecule has 5 heteroatoms. The molecular weight excluding hydrogens is 281 g/mol. The van der Waals surface area contributed by atoms with Crippen LogP contribution < -0.4 is 0 Å². The predicted octanol–water partition coefficient (Wildman–Crippen LogP) is 2.70. The first kappa shape index (κ1) is 15.4. The highest BCUT2D eigenvalue weighted by atomic mass is 35.5. The van der Waals surface area contributed by atoms with Gasteiger partial charge in [0, 0.05) is 30.6 Å². The average Bonchev–Trinajstić information content (AvgIpc) is 2.42. The van der Waals surface area contributed by atoms with Crippen LogP contribution in [0.1, 0.15) is 19.4 Å². The number of halogens is 2. The molecular formula is C15H19ClFNO2. The van der Waals surface area contributed by atoms with Crippen LogP contribution in [-0.4, -0.2) is 42.5 Å². The Morgan fingerprint density at radius 1 is 1.55 bits per heavy atom. The molecule has 0 aliphatic carbocycles. The average molecular weight is 300 g/mol. The van der Waals surface area contributed by atoms with Crippen molar-refractivity contribution in [3.8, 4) is 0 Å². The van der Waals surface area contributed by atoms with Gasteiger partial charge in [-0.25, -0.2) is 4.39 Å². The Morgan fingerprint density at radius 3 is 2.95 bits per heavy atom. The molecule has 3 nitrogen and oxygen atoms in total. The van der Waals surface area contributed by atoms with Gasteiger partial charge >= 0.3 is 0 Å². The second-order valence-corrected chi connectivity index (χ2v) is 5.73. The number of hydrogen-bond donors (Lipinski definition) is 0. The maximum atomic E-state index is 13.0. The van der Waals surface area contributed by atoms with Crippen molar-refractivity contribution < 1.29 is 13.9 Å². The zero-order chi connectivity index (χ0) is 14.7. The molecule has 0 spiro atoms. The van der Waals surface area contributed by atoms with Crippen molar-refractivity contribution in [2.45, 2.75) is 32.4 Å². The van der Waals surface area contributed by atoms with Crippen LogP contribution in [-0.2, 0) is 16.0 Å². The zero-order valence-corrected chi connectivity index (χ0v) is 12.5. The van der Waals surface area contributed by atoms with Crippen LogP contribution in [0.3, 0.4) is 0 Å². The van der Waals surface area contributed by atoms with Crippen molar-refractivity contribution in [1.29, 1.82) is 0 Å². The van der Waals surface area contributed by atoms with Crippen molar-refractivity contribution in [3.63, 3.8) is 0 Å². The van der Waals surface area contributed by atoms with Gasteiger partial charge in [0.15, 0.2) is 5.78 Å². The smallest absolute Gasteiger partial charge is 0.167 e. The maximum absolute atomic E-state index is 13.0. The summed E-state index contributed by atoms with van der Waals surface area (Å²) in [5.74, 6) is -0.407. The number of ketones is 1. The topological polar surface area (TPSA) is 29.5 Å². The van der Waals surface area contributed by atoms with E-state index < -0.39 is 11.9 Å². The number of rotatable bonds is 4. The lowest BCUT2D eigenvalue weighted by Gasteiger charge is -2.34. The summed E-state index contributed by atoms with van der Waals surface area (Å²) in [7, 11) is 0. The third kappa shape index (κ3) is 3.78. The van der Waals surface area contributed by atoms with Crippen LogP contribution >= 0.6 is 11.6 Å². The van der Waals surface area contributed by atoms with E-state index in [2.05, 4.69) is 18.7 Å². The van der Waals surface area contributed by atoms with Crippen LogP contribution in [0.2, 0.25) is 5.02 Å². The van der Waals surface area contributed by atoms with Gasteiger partial charge in [0.25, 0.3) is 0 Å². The lowest BCUT2D eigenvalue weighted by molar-refractivity contribution is -0.136. The molecule has 0 bridgehead atoms. The highest BCUT2D eigenvalue weighted by molar-refractivity contribution is 6.31. The second-order valence-electron chi connectivity index (χ2n) is 5.33. The summed E-state index contributed by atoms with van der Waals surface area (Å²) in [6.07, 6.45) is -0.248. The van der Waals surface area contributed by atoms with Gasteiger partial charge in [0.05, 0.1) is 6.61 Å². The number of hydrogen-bond acceptors (Lipinski definition) is 3. The van der Waals surface area contributed by atoms with Gasteiger partial charge < -0.3 is 4.74 Å². The minimum absolute atomic E-state index is 0.0103. The summed E-state index contributed by atoms with van der Waals surface area (Å²) in [5, 5.41) is 0.287. The minimum atomic E-state index is -0.424. The molecule has 1 aromatic rings. The van der Waals surface area contributed by atoms with E-state index in [0.717, 1.165) is 6.54 Å². The third-order valence-corrected chi connectivity index (χ3v) is 3.92. The van der Waals surface area contributed by atoms with E-state index in [-0.39, 0.29) is 17.2 Å². The SMILES string of the molecule is CC(C)N1CCOC(C(=O)Cc2ccc(F)cc2Cl)C1. The van der Waals surface area contributed by atoms with Crippen molar-refractivity contribution in [2.75, 3.05) is 19.7 Å². The molecule has 1 aromatic carbocycles. The summed E-state index contributed by atoms with van der Waals surface area (Å²) in [6, 6.07) is 4.49. The highest BCUT2D eigenvalue weighted by Gasteiger charge is 2.27. The lowest BCUT2D eigenvalue weighted by Crippen LogP contribution is -2.49. The van der Waals surface area contributed by atoms with Gasteiger partial charge in [-0.3, -0.25) is 9.69 Å². The third-order valence-electron chi connectivity index (χ3n) is 3.57. The first-order chi connectivity index (χ1) is 9.47. The van der Waals surface area contributed by atoms with Crippen molar-refractivity contribution in [1.82, 2.24) is 4.90 Å². The molecule has 1 saturated heterocycles. The first-order valence-electron chi connectivity index (χ1n) is 6.79. The Kier molecular flexibility index (Phi) is 5.13. The number of morpholine rings is 1. The van der Waals surface area contributed by atoms with Gasteiger partial charge in [-0.2, -0.15) is 0 Å². The standard InChI is InChI=1S/C15H19ClFNO2/c1-10(2)18-5-6-20-15(9-18)14(19)7-11-3-4-12(17)8-13(11)16/h3-4,8,10,15H,5-7,9H2,1-2H3. The molecule has 0 amide bonds. The number of ether oxygens (including phenoxy) is 1. The van der Waals surface area contributed by atoms with E-state index in [1.54, 1.807) is 6.07 Å². The van der Waals surface area contributed by atoms with E-state index >= 15 is 0 Å². The molecule has 2 rings (SSSR count). The van der Waals surface area contributed by atoms with E-state index in [1.165, 1.54) is 12.1 Å². The molecule has 1 heterocycles. The predicted molar refractivity (Wildman–Crippen MR) is 76.6 cm³/mol. The summed E-state index contributed by atoms with van der Waals surface area (Å²) in [4.78, 5) is 14.5. The van der Waals surface area contributed by atoms with Crippen LogP contribution in [0.4, 0.5) is 4.39 Å². The quantitative estimate of drug-likeness (QED) is 0.856. The molecule has 0 saturated carbocycles. The van der Waals surface area contributed by atoms with Gasteiger partial charge in [0.2, 0.25) is 0 Å². The lowest BCUT2D eigenvalue weighted by atomic mass is 10.0. The molecule has 0 radical (unpaired) electrons. The zero-order valence-electron chi connectivity index (χ0n) is 11.7. The van der Waals surface area contributed by atoms with Crippen LogP contribution in [0, 0.1) is 5.82 Å². The number of benzene rings is 1. The van der Waals surface area contributed by atoms with Crippen LogP contribution in [0.5, 0.6) is 0 Å². The first-order valence-corrected chi connectivity index (χ1v) is 7.17. The minimum Gasteiger partial charge on any atom is -0.368 e. The Bertz CT molecular complexity index is 493. The Hall–Kier alpha value is -0.970. The summed E-state index contributed by atoms with van der Waals surface area (Å²) in [6.45, 7) is 6.22. The van der Waals surface area contributed by atoms with E-state index in [4.69, 9.17) is 16.3 Å². The van der Waals surface area contributed by atoms with Gasteiger partial charge in [-0.1, -0.05) is 17.7 Å². The summed E-state index contributed by atoms with van der Waals surface area (Å²) < 4.78 is 18.5. The van der Waals surface area contributed by atoms with Crippen LogP contribution in [0.15, 0.2) is 18.2 Å². The Labute approximate surface area is 123 Å². The number of carbonyl (C=O) groups is 1. The van der Waals surface area contributed by atoms with Gasteiger partial charge in [-0.05, 0) is 31.5 Å². The van der Waals surface area contributed by atoms with E-state index in [9.17, 15) is 9.18 Å². The summed E-state index contributed by atoms with van der Waals surface area (Å²) in [5.41, 5.74) is 0.642. The molecule has 20 heavy (non-hydrogen) atoms. The summed E-state index contributed by atoms with van der Waals surface area (Å²) >= 11 is 5.95. The van der Waals surface area contributed by atoms with Gasteiger partial charge in [0.1, 0.15) is 11.9 Å². The monoisotopic (exact) mass is 299 g/mol. The largest absolute Gasteiger partial charge is 0.368 e. The van der Waals surface area contributed by atoms with E-state index in [0.29, 0.717) is 24.8 Å². The fourth-order valence-electron chi connectivity index (χ4n) is 2.30. The number of Topliss-reactive ketones (excluding diaryl/α,β-unsaturated/α-hetero) is 1. The second kappa shape index (κ2) is 6.66. The molecule has 1 unspecified atom stereocenters. The van der Waals surface area contributed by atoms with Gasteiger partial charge in [-0.15, -0.1) is 0 Å². The molecule has 0 N–H and O–H groups in total. The Morgan fingerprint density at radius 2 is 2.30 bits per heavy atom. The maximum Gasteiger partial charge on any atom is 0.167 e. The molecule has 0 aromatic heterocycles. The molecule has 110 valence electrons. The molecule has 1 fully saturated rings. The fraction of sp³-hybridized carbons (Fsp3) is 0.533. The fourth-order valence-corrected chi connectivity index (χ4v) is 2.53. The highest BCUT2D eigenvalue weighted by Crippen LogP contribution is 2.19. The Balaban J connectivity index is 2.00. The number of carbonyl (C=O) groups excluding carboxylic acids is 1.